The van der Waals surface area contributed by atoms with Crippen molar-refractivity contribution in [2.75, 3.05) is 6.54 Å². The maximum absolute atomic E-state index is 12.9. The first-order valence-corrected chi connectivity index (χ1v) is 13.7. The molecular formula is C27H24ClF3N4O3S. The second-order valence-electron chi connectivity index (χ2n) is 10.1. The van der Waals surface area contributed by atoms with E-state index in [9.17, 15) is 22.8 Å². The summed E-state index contributed by atoms with van der Waals surface area (Å²) < 4.78 is 47.4. The molecule has 1 N–H and O–H groups in total. The van der Waals surface area contributed by atoms with Gasteiger partial charge in [-0.1, -0.05) is 11.6 Å². The minimum atomic E-state index is -4.59. The maximum atomic E-state index is 12.9. The molecule has 2 aliphatic rings. The molecule has 1 aromatic carbocycles. The molecule has 2 fully saturated rings. The summed E-state index contributed by atoms with van der Waals surface area (Å²) in [5.74, 6) is 1.21. The molecule has 3 aromatic heterocycles. The Morgan fingerprint density at radius 2 is 2.00 bits per heavy atom. The smallest absolute Gasteiger partial charge is 0.406 e. The molecule has 6 rings (SSSR count). The van der Waals surface area contributed by atoms with Gasteiger partial charge in [-0.2, -0.15) is 13.2 Å². The van der Waals surface area contributed by atoms with E-state index < -0.39 is 24.0 Å². The number of hydrogen-bond acceptors (Lipinski definition) is 6. The highest BCUT2D eigenvalue weighted by Gasteiger charge is 2.41. The summed E-state index contributed by atoms with van der Waals surface area (Å²) in [7, 11) is 0. The summed E-state index contributed by atoms with van der Waals surface area (Å²) in [4.78, 5) is 30.2. The number of piperidine rings is 1. The van der Waals surface area contributed by atoms with Crippen molar-refractivity contribution in [3.63, 3.8) is 0 Å². The molecule has 2 bridgehead atoms. The summed E-state index contributed by atoms with van der Waals surface area (Å²) in [6.07, 6.45) is 0.0962. The zero-order chi connectivity index (χ0) is 27.5. The third kappa shape index (κ3) is 5.10. The van der Waals surface area contributed by atoms with Gasteiger partial charge in [-0.25, -0.2) is 4.79 Å². The monoisotopic (exact) mass is 576 g/mol. The SMILES string of the molecule is Cc1cc(Cl)cc(-c2ccnc3cc(Cn4c(=O)ccn(CC(F)(F)F)c4=O)sc23)c1O[C@@H]1C[C@@H]2C[C@H]1CN2. The van der Waals surface area contributed by atoms with Crippen LogP contribution in [-0.2, 0) is 13.1 Å². The van der Waals surface area contributed by atoms with Crippen molar-refractivity contribution in [3.05, 3.63) is 79.0 Å². The molecule has 1 saturated carbocycles. The summed E-state index contributed by atoms with van der Waals surface area (Å²) in [6, 6.07) is 8.79. The number of ether oxygens (including phenoxy) is 1. The lowest BCUT2D eigenvalue weighted by atomic mass is 10.0. The average Bonchev–Trinajstić information content (AvgIpc) is 3.59. The predicted octanol–water partition coefficient (Wildman–Crippen LogP) is 4.99. The van der Waals surface area contributed by atoms with Gasteiger partial charge in [0.2, 0.25) is 0 Å². The number of hydrogen-bond donors (Lipinski definition) is 1. The molecular weight excluding hydrogens is 553 g/mol. The molecule has 4 aromatic rings. The Balaban J connectivity index is 1.39. The van der Waals surface area contributed by atoms with Crippen molar-refractivity contribution in [3.8, 4) is 16.9 Å². The van der Waals surface area contributed by atoms with E-state index in [2.05, 4.69) is 10.3 Å². The fraction of sp³-hybridized carbons (Fsp3) is 0.370. The van der Waals surface area contributed by atoms with Crippen LogP contribution in [0.25, 0.3) is 21.3 Å². The summed E-state index contributed by atoms with van der Waals surface area (Å²) in [5, 5.41) is 4.06. The van der Waals surface area contributed by atoms with Gasteiger partial charge in [-0.3, -0.25) is 18.9 Å². The Labute approximate surface area is 229 Å². The number of nitrogens with one attached hydrogen (secondary N) is 1. The van der Waals surface area contributed by atoms with Crippen LogP contribution in [0.3, 0.4) is 0 Å². The number of thiophene rings is 1. The first-order valence-electron chi connectivity index (χ1n) is 12.5. The Kier molecular flexibility index (Phi) is 6.55. The van der Waals surface area contributed by atoms with Crippen LogP contribution in [0.15, 0.2) is 52.3 Å². The fourth-order valence-corrected chi connectivity index (χ4v) is 7.02. The Morgan fingerprint density at radius 1 is 1.18 bits per heavy atom. The first kappa shape index (κ1) is 26.1. The van der Waals surface area contributed by atoms with E-state index in [0.717, 1.165) is 63.4 Å². The average molecular weight is 577 g/mol. The molecule has 39 heavy (non-hydrogen) atoms. The molecule has 1 aliphatic heterocycles. The number of benzene rings is 1. The van der Waals surface area contributed by atoms with Gasteiger partial charge in [0.05, 0.1) is 16.8 Å². The van der Waals surface area contributed by atoms with E-state index in [1.54, 1.807) is 12.3 Å². The molecule has 4 heterocycles. The van der Waals surface area contributed by atoms with Crippen molar-refractivity contribution in [1.82, 2.24) is 19.4 Å². The molecule has 0 radical (unpaired) electrons. The van der Waals surface area contributed by atoms with Crippen LogP contribution in [0.2, 0.25) is 5.02 Å². The maximum Gasteiger partial charge on any atom is 0.406 e. The van der Waals surface area contributed by atoms with E-state index in [4.69, 9.17) is 16.3 Å². The molecule has 12 heteroatoms. The highest BCUT2D eigenvalue weighted by atomic mass is 35.5. The van der Waals surface area contributed by atoms with Crippen LogP contribution < -0.4 is 21.3 Å². The van der Waals surface area contributed by atoms with E-state index >= 15 is 0 Å². The standard InChI is InChI=1S/C27H24ClF3N4O3S/c1-14-6-16(28)8-20(24(14)38-22-9-17-7-15(22)11-33-17)19-2-4-32-21-10-18(39-25(19)21)12-35-23(36)3-5-34(26(35)37)13-27(29,30)31/h2-6,8,10,15,17,22,33H,7,9,11-13H2,1H3/t15-,17-,22+/m0/s1. The van der Waals surface area contributed by atoms with Crippen molar-refractivity contribution in [2.24, 2.45) is 5.92 Å². The van der Waals surface area contributed by atoms with Crippen LogP contribution in [-0.4, -0.2) is 39.0 Å². The van der Waals surface area contributed by atoms with Gasteiger partial charge in [0, 0.05) is 58.0 Å². The normalized spacial score (nSPS) is 20.7. The molecule has 0 spiro atoms. The molecule has 7 nitrogen and oxygen atoms in total. The number of halogens is 4. The molecule has 0 unspecified atom stereocenters. The van der Waals surface area contributed by atoms with E-state index in [0.29, 0.717) is 31.9 Å². The lowest BCUT2D eigenvalue weighted by Crippen LogP contribution is -2.41. The summed E-state index contributed by atoms with van der Waals surface area (Å²) in [6.45, 7) is 1.25. The predicted molar refractivity (Wildman–Crippen MR) is 144 cm³/mol. The minimum absolute atomic E-state index is 0.106. The number of aromatic nitrogens is 3. The topological polar surface area (TPSA) is 78.2 Å². The van der Waals surface area contributed by atoms with E-state index in [-0.39, 0.29) is 12.6 Å². The van der Waals surface area contributed by atoms with Gasteiger partial charge in [-0.05, 0) is 49.6 Å². The number of pyridine rings is 1. The number of fused-ring (bicyclic) bond motifs is 3. The zero-order valence-electron chi connectivity index (χ0n) is 20.8. The largest absolute Gasteiger partial charge is 0.489 e. The van der Waals surface area contributed by atoms with Crippen molar-refractivity contribution < 1.29 is 17.9 Å². The lowest BCUT2D eigenvalue weighted by Gasteiger charge is -2.26. The third-order valence-corrected chi connectivity index (χ3v) is 8.72. The Hall–Kier alpha value is -3.15. The lowest BCUT2D eigenvalue weighted by molar-refractivity contribution is -0.141. The van der Waals surface area contributed by atoms with Crippen molar-refractivity contribution in [1.29, 1.82) is 0 Å². The van der Waals surface area contributed by atoms with Crippen LogP contribution in [0, 0.1) is 12.8 Å². The second kappa shape index (κ2) is 9.79. The number of nitrogens with zero attached hydrogens (tertiary/aromatic N) is 3. The van der Waals surface area contributed by atoms with Crippen LogP contribution in [0.4, 0.5) is 13.2 Å². The highest BCUT2D eigenvalue weighted by molar-refractivity contribution is 7.19. The number of alkyl halides is 3. The van der Waals surface area contributed by atoms with Crippen LogP contribution in [0.5, 0.6) is 5.75 Å². The Bertz CT molecular complexity index is 1700. The van der Waals surface area contributed by atoms with Gasteiger partial charge >= 0.3 is 11.9 Å². The van der Waals surface area contributed by atoms with Crippen LogP contribution in [0.1, 0.15) is 23.3 Å². The number of aryl methyl sites for hydroxylation is 1. The summed E-state index contributed by atoms with van der Waals surface area (Å²) in [5.41, 5.74) is 1.52. The Morgan fingerprint density at radius 3 is 2.72 bits per heavy atom. The van der Waals surface area contributed by atoms with Crippen LogP contribution >= 0.6 is 22.9 Å². The number of rotatable bonds is 6. The minimum Gasteiger partial charge on any atom is -0.489 e. The summed E-state index contributed by atoms with van der Waals surface area (Å²) >= 11 is 7.80. The molecule has 204 valence electrons. The molecule has 1 aliphatic carbocycles. The quantitative estimate of drug-likeness (QED) is 0.350. The molecule has 0 amide bonds. The van der Waals surface area contributed by atoms with Gasteiger partial charge in [0.1, 0.15) is 18.4 Å². The second-order valence-corrected chi connectivity index (χ2v) is 11.7. The van der Waals surface area contributed by atoms with Gasteiger partial charge in [0.25, 0.3) is 5.56 Å². The van der Waals surface area contributed by atoms with Crippen molar-refractivity contribution >= 4 is 33.2 Å². The van der Waals surface area contributed by atoms with Gasteiger partial charge in [0.15, 0.2) is 0 Å². The molecule has 3 atom stereocenters. The highest BCUT2D eigenvalue weighted by Crippen LogP contribution is 2.44. The third-order valence-electron chi connectivity index (χ3n) is 7.36. The van der Waals surface area contributed by atoms with E-state index in [1.807, 2.05) is 25.1 Å². The van der Waals surface area contributed by atoms with Gasteiger partial charge < -0.3 is 10.1 Å². The first-order chi connectivity index (χ1) is 18.6. The zero-order valence-corrected chi connectivity index (χ0v) is 22.4. The fourth-order valence-electron chi connectivity index (χ4n) is 5.62. The van der Waals surface area contributed by atoms with Gasteiger partial charge in [-0.15, -0.1) is 11.3 Å². The molecule has 1 saturated heterocycles. The van der Waals surface area contributed by atoms with E-state index in [1.165, 1.54) is 11.3 Å². The van der Waals surface area contributed by atoms with Crippen molar-refractivity contribution in [2.45, 2.75) is 51.2 Å².